The summed E-state index contributed by atoms with van der Waals surface area (Å²) in [7, 11) is 1.55. The molecule has 0 aliphatic rings. The highest BCUT2D eigenvalue weighted by Gasteiger charge is 2.32. The molecule has 0 spiro atoms. The van der Waals surface area contributed by atoms with Crippen molar-refractivity contribution in [2.75, 3.05) is 7.11 Å². The van der Waals surface area contributed by atoms with Crippen molar-refractivity contribution in [1.29, 1.82) is 0 Å². The molecule has 0 bridgehead atoms. The maximum Gasteiger partial charge on any atom is 0.416 e. The predicted molar refractivity (Wildman–Crippen MR) is 67.2 cm³/mol. The van der Waals surface area contributed by atoms with E-state index in [1.165, 1.54) is 12.1 Å². The van der Waals surface area contributed by atoms with Crippen molar-refractivity contribution in [3.63, 3.8) is 0 Å². The molecule has 0 radical (unpaired) electrons. The quantitative estimate of drug-likeness (QED) is 0.804. The smallest absolute Gasteiger partial charge is 0.416 e. The standard InChI is InChI=1S/C15H13F3O/c1-19-13-8-6-11(7-9-13)10-12-4-2-3-5-14(12)15(16,17)18/h2-9H,10H2,1H3. The van der Waals surface area contributed by atoms with Crippen molar-refractivity contribution in [2.24, 2.45) is 0 Å². The lowest BCUT2D eigenvalue weighted by Crippen LogP contribution is -2.09. The van der Waals surface area contributed by atoms with E-state index < -0.39 is 11.7 Å². The molecule has 0 saturated heterocycles. The fraction of sp³-hybridized carbons (Fsp3) is 0.200. The van der Waals surface area contributed by atoms with Gasteiger partial charge in [-0.15, -0.1) is 0 Å². The molecule has 0 N–H and O–H groups in total. The number of rotatable bonds is 3. The zero-order valence-corrected chi connectivity index (χ0v) is 10.4. The first kappa shape index (κ1) is 13.5. The Morgan fingerprint density at radius 3 is 2.16 bits per heavy atom. The molecule has 0 aliphatic heterocycles. The number of halogens is 3. The van der Waals surface area contributed by atoms with E-state index in [-0.39, 0.29) is 12.0 Å². The number of hydrogen-bond donors (Lipinski definition) is 0. The van der Waals surface area contributed by atoms with Gasteiger partial charge in [-0.1, -0.05) is 30.3 Å². The fourth-order valence-electron chi connectivity index (χ4n) is 1.91. The average molecular weight is 266 g/mol. The number of methoxy groups -OCH3 is 1. The van der Waals surface area contributed by atoms with E-state index in [2.05, 4.69) is 0 Å². The number of alkyl halides is 3. The van der Waals surface area contributed by atoms with Crippen molar-refractivity contribution in [1.82, 2.24) is 0 Å². The van der Waals surface area contributed by atoms with E-state index in [4.69, 9.17) is 4.74 Å². The molecule has 0 fully saturated rings. The largest absolute Gasteiger partial charge is 0.497 e. The minimum atomic E-state index is -4.32. The maximum absolute atomic E-state index is 12.8. The van der Waals surface area contributed by atoms with Crippen molar-refractivity contribution >= 4 is 0 Å². The summed E-state index contributed by atoms with van der Waals surface area (Å²) >= 11 is 0. The first-order chi connectivity index (χ1) is 9.00. The zero-order valence-electron chi connectivity index (χ0n) is 10.4. The third-order valence-electron chi connectivity index (χ3n) is 2.88. The van der Waals surface area contributed by atoms with Crippen molar-refractivity contribution in [2.45, 2.75) is 12.6 Å². The van der Waals surface area contributed by atoms with E-state index in [1.54, 1.807) is 37.4 Å². The van der Waals surface area contributed by atoms with Gasteiger partial charge in [-0.3, -0.25) is 0 Å². The molecule has 1 nitrogen and oxygen atoms in total. The molecule has 0 heterocycles. The second-order valence-corrected chi connectivity index (χ2v) is 4.18. The van der Waals surface area contributed by atoms with Crippen LogP contribution in [0.15, 0.2) is 48.5 Å². The molecule has 100 valence electrons. The molecule has 0 aliphatic carbocycles. The highest BCUT2D eigenvalue weighted by molar-refractivity contribution is 5.36. The van der Waals surface area contributed by atoms with Gasteiger partial charge >= 0.3 is 6.18 Å². The Morgan fingerprint density at radius 1 is 0.947 bits per heavy atom. The van der Waals surface area contributed by atoms with Gasteiger partial charge < -0.3 is 4.74 Å². The molecule has 2 aromatic carbocycles. The Morgan fingerprint density at radius 2 is 1.58 bits per heavy atom. The predicted octanol–water partition coefficient (Wildman–Crippen LogP) is 4.30. The molecule has 2 rings (SSSR count). The molecule has 0 unspecified atom stereocenters. The van der Waals surface area contributed by atoms with Gasteiger partial charge in [0, 0.05) is 0 Å². The number of hydrogen-bond acceptors (Lipinski definition) is 1. The van der Waals surface area contributed by atoms with E-state index in [0.29, 0.717) is 5.75 Å². The van der Waals surface area contributed by atoms with Crippen LogP contribution in [-0.4, -0.2) is 7.11 Å². The lowest BCUT2D eigenvalue weighted by atomic mass is 9.99. The van der Waals surface area contributed by atoms with Crippen LogP contribution in [-0.2, 0) is 12.6 Å². The Bertz CT molecular complexity index is 544. The van der Waals surface area contributed by atoms with Gasteiger partial charge in [0.25, 0.3) is 0 Å². The molecule has 4 heteroatoms. The van der Waals surface area contributed by atoms with Crippen LogP contribution in [0.5, 0.6) is 5.75 Å². The van der Waals surface area contributed by atoms with Gasteiger partial charge in [-0.2, -0.15) is 13.2 Å². The van der Waals surface area contributed by atoms with Crippen LogP contribution >= 0.6 is 0 Å². The first-order valence-corrected chi connectivity index (χ1v) is 5.79. The third kappa shape index (κ3) is 3.28. The van der Waals surface area contributed by atoms with Crippen LogP contribution in [0.2, 0.25) is 0 Å². The molecule has 0 atom stereocenters. The molecule has 0 amide bonds. The van der Waals surface area contributed by atoms with Crippen molar-refractivity contribution in [3.8, 4) is 5.75 Å². The molecule has 2 aromatic rings. The highest BCUT2D eigenvalue weighted by atomic mass is 19.4. The third-order valence-corrected chi connectivity index (χ3v) is 2.88. The second kappa shape index (κ2) is 5.34. The lowest BCUT2D eigenvalue weighted by molar-refractivity contribution is -0.138. The van der Waals surface area contributed by atoms with Crippen LogP contribution in [0.1, 0.15) is 16.7 Å². The van der Waals surface area contributed by atoms with Gasteiger partial charge in [0.05, 0.1) is 12.7 Å². The molecular formula is C15H13F3O. The molecule has 0 saturated carbocycles. The summed E-state index contributed by atoms with van der Waals surface area (Å²) in [6.45, 7) is 0. The Balaban J connectivity index is 2.28. The van der Waals surface area contributed by atoms with Crippen molar-refractivity contribution < 1.29 is 17.9 Å². The summed E-state index contributed by atoms with van der Waals surface area (Å²) in [5, 5.41) is 0. The second-order valence-electron chi connectivity index (χ2n) is 4.18. The van der Waals surface area contributed by atoms with Gasteiger partial charge in [-0.05, 0) is 35.7 Å². The highest BCUT2D eigenvalue weighted by Crippen LogP contribution is 2.32. The van der Waals surface area contributed by atoms with Crippen LogP contribution in [0, 0.1) is 0 Å². The van der Waals surface area contributed by atoms with E-state index in [0.717, 1.165) is 11.6 Å². The molecular weight excluding hydrogens is 253 g/mol. The van der Waals surface area contributed by atoms with Crippen LogP contribution in [0.3, 0.4) is 0 Å². The monoisotopic (exact) mass is 266 g/mol. The summed E-state index contributed by atoms with van der Waals surface area (Å²) in [5.41, 5.74) is 0.517. The van der Waals surface area contributed by atoms with Crippen LogP contribution < -0.4 is 4.74 Å². The van der Waals surface area contributed by atoms with Crippen LogP contribution in [0.25, 0.3) is 0 Å². The minimum absolute atomic E-state index is 0.250. The summed E-state index contributed by atoms with van der Waals surface area (Å²) in [6.07, 6.45) is -4.07. The van der Waals surface area contributed by atoms with E-state index >= 15 is 0 Å². The van der Waals surface area contributed by atoms with Gasteiger partial charge in [-0.25, -0.2) is 0 Å². The van der Waals surface area contributed by atoms with Crippen molar-refractivity contribution in [3.05, 3.63) is 65.2 Å². The molecule has 0 aromatic heterocycles. The number of ether oxygens (including phenoxy) is 1. The summed E-state index contributed by atoms with van der Waals surface area (Å²) < 4.78 is 43.6. The molecule has 19 heavy (non-hydrogen) atoms. The summed E-state index contributed by atoms with van der Waals surface area (Å²) in [5.74, 6) is 0.688. The van der Waals surface area contributed by atoms with E-state index in [9.17, 15) is 13.2 Å². The maximum atomic E-state index is 12.8. The van der Waals surface area contributed by atoms with Crippen LogP contribution in [0.4, 0.5) is 13.2 Å². The Labute approximate surface area is 109 Å². The summed E-state index contributed by atoms with van der Waals surface area (Å²) in [6, 6.07) is 12.7. The van der Waals surface area contributed by atoms with Gasteiger partial charge in [0.1, 0.15) is 5.75 Å². The fourth-order valence-corrected chi connectivity index (χ4v) is 1.91. The SMILES string of the molecule is COc1ccc(Cc2ccccc2C(F)(F)F)cc1. The minimum Gasteiger partial charge on any atom is -0.497 e. The lowest BCUT2D eigenvalue weighted by Gasteiger charge is -2.12. The Hall–Kier alpha value is -1.97. The van der Waals surface area contributed by atoms with E-state index in [1.807, 2.05) is 0 Å². The summed E-state index contributed by atoms with van der Waals surface area (Å²) in [4.78, 5) is 0. The topological polar surface area (TPSA) is 9.23 Å². The van der Waals surface area contributed by atoms with Gasteiger partial charge in [0.15, 0.2) is 0 Å². The Kier molecular flexibility index (Phi) is 3.79. The normalized spacial score (nSPS) is 11.4. The average Bonchev–Trinajstić information content (AvgIpc) is 2.39. The number of benzene rings is 2. The van der Waals surface area contributed by atoms with Gasteiger partial charge in [0.2, 0.25) is 0 Å². The first-order valence-electron chi connectivity index (χ1n) is 5.79. The zero-order chi connectivity index (χ0) is 13.9.